The van der Waals surface area contributed by atoms with E-state index in [1.54, 1.807) is 0 Å². The summed E-state index contributed by atoms with van der Waals surface area (Å²) in [6, 6.07) is 10.4. The monoisotopic (exact) mass is 278 g/mol. The van der Waals surface area contributed by atoms with Gasteiger partial charge in [-0.2, -0.15) is 0 Å². The van der Waals surface area contributed by atoms with Crippen molar-refractivity contribution >= 4 is 6.09 Å². The van der Waals surface area contributed by atoms with Crippen molar-refractivity contribution in [1.82, 2.24) is 10.6 Å². The van der Waals surface area contributed by atoms with E-state index >= 15 is 0 Å². The first-order valence-corrected chi connectivity index (χ1v) is 7.32. The molecular weight excluding hydrogens is 252 g/mol. The third-order valence-electron chi connectivity index (χ3n) is 3.43. The Hall–Kier alpha value is -1.55. The number of amides is 1. The van der Waals surface area contributed by atoms with E-state index in [9.17, 15) is 4.79 Å². The fourth-order valence-electron chi connectivity index (χ4n) is 2.19. The molecule has 1 fully saturated rings. The second-order valence-corrected chi connectivity index (χ2v) is 4.94. The Bertz CT molecular complexity index is 362. The van der Waals surface area contributed by atoms with Crippen LogP contribution in [-0.4, -0.2) is 26.2 Å². The topological polar surface area (TPSA) is 50.4 Å². The zero-order valence-electron chi connectivity index (χ0n) is 12.5. The molecular formula is C16H26N2O2. The van der Waals surface area contributed by atoms with Gasteiger partial charge in [0.25, 0.3) is 0 Å². The van der Waals surface area contributed by atoms with E-state index in [-0.39, 0.29) is 0 Å². The molecule has 2 rings (SSSR count). The van der Waals surface area contributed by atoms with Gasteiger partial charge in [0.2, 0.25) is 0 Å². The largest absolute Gasteiger partial charge is 0.445 e. The van der Waals surface area contributed by atoms with Crippen LogP contribution < -0.4 is 10.6 Å². The van der Waals surface area contributed by atoms with Gasteiger partial charge in [0, 0.05) is 13.1 Å². The van der Waals surface area contributed by atoms with E-state index in [2.05, 4.69) is 17.7 Å². The minimum absolute atomic E-state index is 0.320. The summed E-state index contributed by atoms with van der Waals surface area (Å²) in [6.45, 7) is 0.320. The lowest BCUT2D eigenvalue weighted by molar-refractivity contribution is 0.142. The number of benzene rings is 1. The number of nitrogens with one attached hydrogen (secondary N) is 2. The van der Waals surface area contributed by atoms with E-state index in [4.69, 9.17) is 4.74 Å². The van der Waals surface area contributed by atoms with Crippen molar-refractivity contribution in [3.05, 3.63) is 35.9 Å². The van der Waals surface area contributed by atoms with E-state index in [0.717, 1.165) is 11.6 Å². The van der Waals surface area contributed by atoms with Crippen molar-refractivity contribution in [3.63, 3.8) is 0 Å². The highest BCUT2D eigenvalue weighted by molar-refractivity contribution is 5.66. The molecule has 0 aromatic heterocycles. The summed E-state index contributed by atoms with van der Waals surface area (Å²) < 4.78 is 4.83. The summed E-state index contributed by atoms with van der Waals surface area (Å²) in [5.74, 6) is 0. The van der Waals surface area contributed by atoms with Crippen molar-refractivity contribution in [2.24, 2.45) is 0 Å². The van der Waals surface area contributed by atoms with Gasteiger partial charge < -0.3 is 15.4 Å². The molecule has 0 bridgehead atoms. The van der Waals surface area contributed by atoms with Crippen molar-refractivity contribution in [2.75, 3.05) is 14.1 Å². The number of ether oxygens (including phenoxy) is 1. The number of rotatable bonds is 3. The SMILES string of the molecule is CNC(=O)OCc1ccccc1.CNC1CCCCC1. The number of hydrogen-bond acceptors (Lipinski definition) is 3. The van der Waals surface area contributed by atoms with Crippen LogP contribution in [0.15, 0.2) is 30.3 Å². The summed E-state index contributed by atoms with van der Waals surface area (Å²) >= 11 is 0. The van der Waals surface area contributed by atoms with Gasteiger partial charge in [-0.1, -0.05) is 49.6 Å². The molecule has 4 heteroatoms. The maximum atomic E-state index is 10.7. The highest BCUT2D eigenvalue weighted by atomic mass is 16.5. The molecule has 0 unspecified atom stereocenters. The van der Waals surface area contributed by atoms with Crippen LogP contribution in [0.2, 0.25) is 0 Å². The molecule has 0 spiro atoms. The minimum atomic E-state index is -0.404. The Morgan fingerprint density at radius 3 is 2.30 bits per heavy atom. The maximum absolute atomic E-state index is 10.7. The molecule has 0 radical (unpaired) electrons. The molecule has 112 valence electrons. The van der Waals surface area contributed by atoms with Gasteiger partial charge in [-0.15, -0.1) is 0 Å². The van der Waals surface area contributed by atoms with Crippen LogP contribution in [-0.2, 0) is 11.3 Å². The first-order chi connectivity index (χ1) is 9.76. The van der Waals surface area contributed by atoms with Gasteiger partial charge in [0.1, 0.15) is 6.61 Å². The predicted molar refractivity (Wildman–Crippen MR) is 81.6 cm³/mol. The second kappa shape index (κ2) is 10.3. The van der Waals surface area contributed by atoms with Gasteiger partial charge in [-0.05, 0) is 25.5 Å². The lowest BCUT2D eigenvalue weighted by Crippen LogP contribution is -2.26. The van der Waals surface area contributed by atoms with Crippen LogP contribution in [0.3, 0.4) is 0 Å². The molecule has 1 aromatic carbocycles. The average molecular weight is 278 g/mol. The zero-order valence-corrected chi connectivity index (χ0v) is 12.5. The molecule has 1 aliphatic carbocycles. The first kappa shape index (κ1) is 16.5. The third-order valence-corrected chi connectivity index (χ3v) is 3.43. The van der Waals surface area contributed by atoms with Crippen LogP contribution >= 0.6 is 0 Å². The molecule has 20 heavy (non-hydrogen) atoms. The fourth-order valence-corrected chi connectivity index (χ4v) is 2.19. The molecule has 0 saturated heterocycles. The highest BCUT2D eigenvalue weighted by Gasteiger charge is 2.09. The average Bonchev–Trinajstić information content (AvgIpc) is 2.55. The minimum Gasteiger partial charge on any atom is -0.445 e. The standard InChI is InChI=1S/C9H11NO2.C7H15N/c1-10-9(11)12-7-8-5-3-2-4-6-8;1-8-7-5-3-2-4-6-7/h2-6H,7H2,1H3,(H,10,11);7-8H,2-6H2,1H3. The molecule has 0 atom stereocenters. The van der Waals surface area contributed by atoms with Gasteiger partial charge >= 0.3 is 6.09 Å². The summed E-state index contributed by atoms with van der Waals surface area (Å²) in [5, 5.41) is 5.68. The van der Waals surface area contributed by atoms with E-state index in [1.807, 2.05) is 30.3 Å². The number of carbonyl (C=O) groups excluding carboxylic acids is 1. The van der Waals surface area contributed by atoms with E-state index < -0.39 is 6.09 Å². The van der Waals surface area contributed by atoms with E-state index in [1.165, 1.54) is 39.2 Å². The smallest absolute Gasteiger partial charge is 0.407 e. The number of carbonyl (C=O) groups is 1. The molecule has 4 nitrogen and oxygen atoms in total. The van der Waals surface area contributed by atoms with Crippen molar-refractivity contribution < 1.29 is 9.53 Å². The molecule has 1 aromatic rings. The van der Waals surface area contributed by atoms with Crippen LogP contribution in [0.4, 0.5) is 4.79 Å². The van der Waals surface area contributed by atoms with Gasteiger partial charge in [0.05, 0.1) is 0 Å². The van der Waals surface area contributed by atoms with Crippen LogP contribution in [0.1, 0.15) is 37.7 Å². The quantitative estimate of drug-likeness (QED) is 0.893. The fraction of sp³-hybridized carbons (Fsp3) is 0.562. The molecule has 0 heterocycles. The first-order valence-electron chi connectivity index (χ1n) is 7.32. The van der Waals surface area contributed by atoms with Gasteiger partial charge in [-0.3, -0.25) is 0 Å². The summed E-state index contributed by atoms with van der Waals surface area (Å²) in [5.41, 5.74) is 0.987. The van der Waals surface area contributed by atoms with Crippen molar-refractivity contribution in [2.45, 2.75) is 44.8 Å². The highest BCUT2D eigenvalue weighted by Crippen LogP contribution is 2.16. The Morgan fingerprint density at radius 2 is 1.80 bits per heavy atom. The lowest BCUT2D eigenvalue weighted by Gasteiger charge is -2.20. The molecule has 2 N–H and O–H groups in total. The van der Waals surface area contributed by atoms with Crippen molar-refractivity contribution in [3.8, 4) is 0 Å². The summed E-state index contributed by atoms with van der Waals surface area (Å²) in [4.78, 5) is 10.7. The van der Waals surface area contributed by atoms with Crippen LogP contribution in [0.5, 0.6) is 0 Å². The van der Waals surface area contributed by atoms with Gasteiger partial charge in [0.15, 0.2) is 0 Å². The molecule has 1 aliphatic rings. The number of alkyl carbamates (subject to hydrolysis) is 1. The zero-order chi connectivity index (χ0) is 14.6. The van der Waals surface area contributed by atoms with Gasteiger partial charge in [-0.25, -0.2) is 4.79 Å². The lowest BCUT2D eigenvalue weighted by atomic mass is 9.96. The summed E-state index contributed by atoms with van der Waals surface area (Å²) in [7, 11) is 3.60. The third kappa shape index (κ3) is 7.14. The molecule has 1 saturated carbocycles. The summed E-state index contributed by atoms with van der Waals surface area (Å²) in [6.07, 6.45) is 6.72. The Balaban J connectivity index is 0.000000217. The Labute approximate surface area is 121 Å². The normalized spacial score (nSPS) is 14.9. The van der Waals surface area contributed by atoms with Crippen molar-refractivity contribution in [1.29, 1.82) is 0 Å². The van der Waals surface area contributed by atoms with Crippen LogP contribution in [0, 0.1) is 0 Å². The Kier molecular flexibility index (Phi) is 8.47. The maximum Gasteiger partial charge on any atom is 0.407 e. The molecule has 0 aliphatic heterocycles. The Morgan fingerprint density at radius 1 is 1.15 bits per heavy atom. The van der Waals surface area contributed by atoms with Crippen LogP contribution in [0.25, 0.3) is 0 Å². The number of hydrogen-bond donors (Lipinski definition) is 2. The second-order valence-electron chi connectivity index (χ2n) is 4.94. The molecule has 1 amide bonds. The van der Waals surface area contributed by atoms with E-state index in [0.29, 0.717) is 6.61 Å². The predicted octanol–water partition coefficient (Wildman–Crippen LogP) is 3.08.